The number of nitrogens with zero attached hydrogens (tertiary/aromatic N) is 1. The second kappa shape index (κ2) is 5.24. The fourth-order valence-corrected chi connectivity index (χ4v) is 2.33. The molecule has 1 aliphatic rings. The highest BCUT2D eigenvalue weighted by atomic mass is 32.2. The molecule has 1 saturated heterocycles. The molecule has 0 N–H and O–H groups in total. The zero-order valence-corrected chi connectivity index (χ0v) is 9.30. The average molecular weight is 217 g/mol. The van der Waals surface area contributed by atoms with Gasteiger partial charge < -0.3 is 9.64 Å². The van der Waals surface area contributed by atoms with Gasteiger partial charge in [0, 0.05) is 13.6 Å². The summed E-state index contributed by atoms with van der Waals surface area (Å²) >= 11 is 1.38. The van der Waals surface area contributed by atoms with Gasteiger partial charge in [0.25, 0.3) is 0 Å². The minimum absolute atomic E-state index is 0.133. The summed E-state index contributed by atoms with van der Waals surface area (Å²) in [5, 5.41) is -0.651. The van der Waals surface area contributed by atoms with E-state index in [1.165, 1.54) is 11.8 Å². The van der Waals surface area contributed by atoms with E-state index in [1.807, 2.05) is 0 Å². The molecule has 4 nitrogen and oxygen atoms in total. The summed E-state index contributed by atoms with van der Waals surface area (Å²) in [7, 11) is 1.72. The van der Waals surface area contributed by atoms with Crippen LogP contribution in [0.25, 0.3) is 0 Å². The maximum absolute atomic E-state index is 11.7. The van der Waals surface area contributed by atoms with Gasteiger partial charge in [0.05, 0.1) is 6.61 Å². The van der Waals surface area contributed by atoms with Crippen LogP contribution in [0.2, 0.25) is 0 Å². The number of thioether (sulfide) groups is 1. The van der Waals surface area contributed by atoms with Gasteiger partial charge in [-0.05, 0) is 19.1 Å². The third-order valence-corrected chi connectivity index (χ3v) is 3.28. The Kier molecular flexibility index (Phi) is 4.25. The number of carbonyl (C=O) groups excluding carboxylic acids is 2. The number of esters is 1. The number of hydrogen-bond acceptors (Lipinski definition) is 4. The molecule has 0 aromatic carbocycles. The fourth-order valence-electron chi connectivity index (χ4n) is 1.27. The molecular weight excluding hydrogens is 202 g/mol. The number of hydrogen-bond donors (Lipinski definition) is 0. The topological polar surface area (TPSA) is 46.6 Å². The summed E-state index contributed by atoms with van der Waals surface area (Å²) in [6, 6.07) is 0. The standard InChI is InChI=1S/C9H15NO3S/c1-3-13-9(12)7-8(11)10(2)5-4-6-14-7/h7H,3-6H2,1-2H3. The Morgan fingerprint density at radius 1 is 1.71 bits per heavy atom. The smallest absolute Gasteiger partial charge is 0.328 e. The molecule has 14 heavy (non-hydrogen) atoms. The second-order valence-electron chi connectivity index (χ2n) is 3.12. The van der Waals surface area contributed by atoms with Crippen LogP contribution in [0.5, 0.6) is 0 Å². The fraction of sp³-hybridized carbons (Fsp3) is 0.778. The minimum atomic E-state index is -0.651. The van der Waals surface area contributed by atoms with E-state index in [9.17, 15) is 9.59 Å². The molecule has 0 aliphatic carbocycles. The summed E-state index contributed by atoms with van der Waals surface area (Å²) in [4.78, 5) is 24.7. The molecule has 80 valence electrons. The van der Waals surface area contributed by atoms with Crippen LogP contribution in [0.4, 0.5) is 0 Å². The molecule has 0 aromatic rings. The van der Waals surface area contributed by atoms with E-state index in [-0.39, 0.29) is 5.91 Å². The van der Waals surface area contributed by atoms with E-state index < -0.39 is 11.2 Å². The highest BCUT2D eigenvalue weighted by Gasteiger charge is 2.32. The van der Waals surface area contributed by atoms with Crippen molar-refractivity contribution in [3.63, 3.8) is 0 Å². The lowest BCUT2D eigenvalue weighted by atomic mass is 10.3. The van der Waals surface area contributed by atoms with Gasteiger partial charge in [0.1, 0.15) is 0 Å². The van der Waals surface area contributed by atoms with Crippen LogP contribution in [0.1, 0.15) is 13.3 Å². The Labute approximate surface area is 88.0 Å². The Morgan fingerprint density at radius 3 is 3.07 bits per heavy atom. The lowest BCUT2D eigenvalue weighted by molar-refractivity contribution is -0.147. The monoisotopic (exact) mass is 217 g/mol. The average Bonchev–Trinajstić information content (AvgIpc) is 2.31. The highest BCUT2D eigenvalue weighted by Crippen LogP contribution is 2.20. The first-order valence-electron chi connectivity index (χ1n) is 4.70. The van der Waals surface area contributed by atoms with E-state index in [0.717, 1.165) is 18.7 Å². The van der Waals surface area contributed by atoms with Gasteiger partial charge in [-0.15, -0.1) is 11.8 Å². The van der Waals surface area contributed by atoms with Gasteiger partial charge in [-0.1, -0.05) is 0 Å². The van der Waals surface area contributed by atoms with E-state index in [4.69, 9.17) is 4.74 Å². The molecule has 1 aliphatic heterocycles. The second-order valence-corrected chi connectivity index (χ2v) is 4.33. The van der Waals surface area contributed by atoms with Gasteiger partial charge in [0.15, 0.2) is 5.25 Å². The number of ether oxygens (including phenoxy) is 1. The van der Waals surface area contributed by atoms with Crippen molar-refractivity contribution in [1.82, 2.24) is 4.90 Å². The van der Waals surface area contributed by atoms with Crippen molar-refractivity contribution in [2.75, 3.05) is 26.0 Å². The maximum Gasteiger partial charge on any atom is 0.328 e. The molecule has 1 fully saturated rings. The highest BCUT2D eigenvalue weighted by molar-refractivity contribution is 8.01. The van der Waals surface area contributed by atoms with Crippen LogP contribution in [0.3, 0.4) is 0 Å². The van der Waals surface area contributed by atoms with Crippen molar-refractivity contribution in [2.45, 2.75) is 18.6 Å². The van der Waals surface area contributed by atoms with Crippen molar-refractivity contribution in [3.05, 3.63) is 0 Å². The van der Waals surface area contributed by atoms with Crippen molar-refractivity contribution in [1.29, 1.82) is 0 Å². The molecule has 1 unspecified atom stereocenters. The first-order valence-corrected chi connectivity index (χ1v) is 5.75. The Morgan fingerprint density at radius 2 is 2.43 bits per heavy atom. The van der Waals surface area contributed by atoms with E-state index in [1.54, 1.807) is 18.9 Å². The van der Waals surface area contributed by atoms with Crippen LogP contribution in [-0.4, -0.2) is 48.0 Å². The molecule has 0 saturated carbocycles. The predicted octanol–water partition coefficient (Wildman–Crippen LogP) is 0.513. The van der Waals surface area contributed by atoms with Crippen molar-refractivity contribution in [3.8, 4) is 0 Å². The number of carbonyl (C=O) groups is 2. The summed E-state index contributed by atoms with van der Waals surface area (Å²) in [6.45, 7) is 2.79. The van der Waals surface area contributed by atoms with Crippen molar-refractivity contribution >= 4 is 23.6 Å². The normalized spacial score (nSPS) is 23.1. The van der Waals surface area contributed by atoms with Gasteiger partial charge in [-0.25, -0.2) is 0 Å². The zero-order valence-electron chi connectivity index (χ0n) is 8.49. The third-order valence-electron chi connectivity index (χ3n) is 2.02. The Bertz CT molecular complexity index is 232. The third kappa shape index (κ3) is 2.64. The van der Waals surface area contributed by atoms with Crippen LogP contribution >= 0.6 is 11.8 Å². The molecule has 1 heterocycles. The van der Waals surface area contributed by atoms with Crippen molar-refractivity contribution in [2.24, 2.45) is 0 Å². The number of rotatable bonds is 2. The van der Waals surface area contributed by atoms with E-state index in [0.29, 0.717) is 6.61 Å². The SMILES string of the molecule is CCOC(=O)C1SCCCN(C)C1=O. The minimum Gasteiger partial charge on any atom is -0.465 e. The van der Waals surface area contributed by atoms with Gasteiger partial charge in [0.2, 0.25) is 5.91 Å². The summed E-state index contributed by atoms with van der Waals surface area (Å²) in [6.07, 6.45) is 0.933. The Hall–Kier alpha value is -0.710. The summed E-state index contributed by atoms with van der Waals surface area (Å²) < 4.78 is 4.85. The Balaban J connectivity index is 2.64. The molecule has 0 aromatic heterocycles. The van der Waals surface area contributed by atoms with Gasteiger partial charge in [-0.3, -0.25) is 9.59 Å². The quantitative estimate of drug-likeness (QED) is 0.499. The summed E-state index contributed by atoms with van der Waals surface area (Å²) in [5.74, 6) is 0.293. The molecule has 0 radical (unpaired) electrons. The van der Waals surface area contributed by atoms with Crippen LogP contribution < -0.4 is 0 Å². The molecule has 5 heteroatoms. The number of amides is 1. The molecule has 1 rings (SSSR count). The van der Waals surface area contributed by atoms with Gasteiger partial charge >= 0.3 is 5.97 Å². The van der Waals surface area contributed by atoms with Crippen LogP contribution in [-0.2, 0) is 14.3 Å². The van der Waals surface area contributed by atoms with E-state index in [2.05, 4.69) is 0 Å². The molecular formula is C9H15NO3S. The first-order chi connectivity index (χ1) is 6.66. The largest absolute Gasteiger partial charge is 0.465 e. The molecule has 0 spiro atoms. The van der Waals surface area contributed by atoms with Crippen LogP contribution in [0, 0.1) is 0 Å². The summed E-state index contributed by atoms with van der Waals surface area (Å²) in [5.41, 5.74) is 0. The predicted molar refractivity (Wildman–Crippen MR) is 55.1 cm³/mol. The lowest BCUT2D eigenvalue weighted by Crippen LogP contribution is -2.38. The molecule has 0 bridgehead atoms. The van der Waals surface area contributed by atoms with E-state index >= 15 is 0 Å². The lowest BCUT2D eigenvalue weighted by Gasteiger charge is -2.17. The maximum atomic E-state index is 11.7. The zero-order chi connectivity index (χ0) is 10.6. The molecule has 1 atom stereocenters. The molecule has 1 amide bonds. The van der Waals surface area contributed by atoms with Gasteiger partial charge in [-0.2, -0.15) is 0 Å². The first kappa shape index (κ1) is 11.4. The van der Waals surface area contributed by atoms with Crippen LogP contribution in [0.15, 0.2) is 0 Å². The van der Waals surface area contributed by atoms with Crippen molar-refractivity contribution < 1.29 is 14.3 Å².